The van der Waals surface area contributed by atoms with E-state index in [9.17, 15) is 9.59 Å². The summed E-state index contributed by atoms with van der Waals surface area (Å²) in [5, 5.41) is 12.7. The van der Waals surface area contributed by atoms with Crippen molar-refractivity contribution >= 4 is 11.9 Å². The van der Waals surface area contributed by atoms with Gasteiger partial charge in [0.25, 0.3) is 0 Å². The Bertz CT molecular complexity index is 633. The summed E-state index contributed by atoms with van der Waals surface area (Å²) in [4.78, 5) is 21.8. The number of carboxylic acids is 1. The molecular weight excluding hydrogens is 276 g/mol. The average molecular weight is 290 g/mol. The maximum atomic E-state index is 11.2. The summed E-state index contributed by atoms with van der Waals surface area (Å²) in [6.45, 7) is 0.134. The Kier molecular flexibility index (Phi) is 4.55. The van der Waals surface area contributed by atoms with Crippen LogP contribution in [0.15, 0.2) is 36.5 Å². The van der Waals surface area contributed by atoms with Gasteiger partial charge in [-0.1, -0.05) is 12.1 Å². The van der Waals surface area contributed by atoms with E-state index in [2.05, 4.69) is 9.84 Å². The molecular formula is C14H14N2O5. The van der Waals surface area contributed by atoms with E-state index in [0.717, 1.165) is 0 Å². The number of carboxylic acid groups (broad SMARTS) is 1. The van der Waals surface area contributed by atoms with E-state index in [1.165, 1.54) is 17.9 Å². The number of carbonyl (C=O) groups excluding carboxylic acids is 1. The summed E-state index contributed by atoms with van der Waals surface area (Å²) < 4.78 is 11.5. The molecule has 7 heteroatoms. The van der Waals surface area contributed by atoms with E-state index in [4.69, 9.17) is 9.84 Å². The van der Waals surface area contributed by atoms with Gasteiger partial charge in [-0.05, 0) is 23.8 Å². The highest BCUT2D eigenvalue weighted by atomic mass is 16.5. The van der Waals surface area contributed by atoms with Gasteiger partial charge in [0.15, 0.2) is 12.4 Å². The third-order valence-corrected chi connectivity index (χ3v) is 2.68. The van der Waals surface area contributed by atoms with Crippen LogP contribution in [0.3, 0.4) is 0 Å². The second-order valence-electron chi connectivity index (χ2n) is 4.22. The largest absolute Gasteiger partial charge is 0.481 e. The van der Waals surface area contributed by atoms with Crippen LogP contribution < -0.4 is 4.74 Å². The van der Waals surface area contributed by atoms with Gasteiger partial charge in [0.2, 0.25) is 0 Å². The van der Waals surface area contributed by atoms with E-state index in [0.29, 0.717) is 11.3 Å². The Hall–Kier alpha value is -2.83. The lowest BCUT2D eigenvalue weighted by Crippen LogP contribution is -2.08. The number of hydrogen-bond acceptors (Lipinski definition) is 5. The van der Waals surface area contributed by atoms with Crippen LogP contribution in [0.5, 0.6) is 5.75 Å². The number of methoxy groups -OCH3 is 1. The highest BCUT2D eigenvalue weighted by molar-refractivity contribution is 5.86. The van der Waals surface area contributed by atoms with Gasteiger partial charge >= 0.3 is 11.9 Å². The molecule has 0 aliphatic heterocycles. The van der Waals surface area contributed by atoms with Gasteiger partial charge in [0.1, 0.15) is 5.75 Å². The van der Waals surface area contributed by atoms with Crippen LogP contribution in [0.25, 0.3) is 0 Å². The number of hydrogen-bond donors (Lipinski definition) is 1. The molecule has 1 heterocycles. The first-order chi connectivity index (χ1) is 10.1. The van der Waals surface area contributed by atoms with Gasteiger partial charge in [-0.25, -0.2) is 9.48 Å². The molecule has 0 aliphatic rings. The van der Waals surface area contributed by atoms with Crippen molar-refractivity contribution in [3.05, 3.63) is 47.8 Å². The van der Waals surface area contributed by atoms with Crippen LogP contribution in [0.2, 0.25) is 0 Å². The molecule has 0 unspecified atom stereocenters. The minimum Gasteiger partial charge on any atom is -0.481 e. The molecule has 1 aromatic heterocycles. The van der Waals surface area contributed by atoms with Crippen molar-refractivity contribution in [2.75, 3.05) is 7.11 Å². The summed E-state index contributed by atoms with van der Waals surface area (Å²) in [5.41, 5.74) is 0.903. The van der Waals surface area contributed by atoms with Gasteiger partial charge in [0, 0.05) is 6.20 Å². The Labute approximate surface area is 120 Å². The number of ether oxygens (including phenoxy) is 2. The van der Waals surface area contributed by atoms with Crippen molar-refractivity contribution in [2.24, 2.45) is 0 Å². The van der Waals surface area contributed by atoms with Crippen molar-refractivity contribution in [2.45, 2.75) is 13.2 Å². The third-order valence-electron chi connectivity index (χ3n) is 2.68. The molecule has 0 amide bonds. The molecule has 7 nitrogen and oxygen atoms in total. The predicted octanol–water partition coefficient (Wildman–Crippen LogP) is 1.33. The topological polar surface area (TPSA) is 90.7 Å². The van der Waals surface area contributed by atoms with Gasteiger partial charge in [-0.2, -0.15) is 5.10 Å². The maximum Gasteiger partial charge on any atom is 0.358 e. The summed E-state index contributed by atoms with van der Waals surface area (Å²) in [6.07, 6.45) is 1.58. The Morgan fingerprint density at radius 2 is 1.95 bits per heavy atom. The number of aliphatic carboxylic acids is 1. The standard InChI is InChI=1S/C14H14N2O5/c1-20-14(19)12-6-7-16(15-12)9-21-11-4-2-10(3-5-11)8-13(17)18/h2-7H,8-9H2,1H3,(H,17,18). The minimum atomic E-state index is -0.879. The van der Waals surface area contributed by atoms with Crippen LogP contribution in [0.4, 0.5) is 0 Å². The predicted molar refractivity (Wildman–Crippen MR) is 72.0 cm³/mol. The van der Waals surface area contributed by atoms with Crippen LogP contribution in [-0.2, 0) is 22.7 Å². The van der Waals surface area contributed by atoms with Crippen molar-refractivity contribution in [1.82, 2.24) is 9.78 Å². The quantitative estimate of drug-likeness (QED) is 0.807. The number of esters is 1. The van der Waals surface area contributed by atoms with Crippen LogP contribution >= 0.6 is 0 Å². The van der Waals surface area contributed by atoms with E-state index >= 15 is 0 Å². The highest BCUT2D eigenvalue weighted by Crippen LogP contribution is 2.13. The Morgan fingerprint density at radius 3 is 2.57 bits per heavy atom. The van der Waals surface area contributed by atoms with Crippen molar-refractivity contribution in [3.8, 4) is 5.75 Å². The smallest absolute Gasteiger partial charge is 0.358 e. The lowest BCUT2D eigenvalue weighted by molar-refractivity contribution is -0.136. The molecule has 0 aliphatic carbocycles. The fourth-order valence-corrected chi connectivity index (χ4v) is 1.67. The average Bonchev–Trinajstić information content (AvgIpc) is 2.94. The van der Waals surface area contributed by atoms with E-state index < -0.39 is 11.9 Å². The summed E-state index contributed by atoms with van der Waals surface area (Å²) in [5.74, 6) is -0.804. The first-order valence-corrected chi connectivity index (χ1v) is 6.14. The van der Waals surface area contributed by atoms with Gasteiger partial charge in [-0.3, -0.25) is 4.79 Å². The highest BCUT2D eigenvalue weighted by Gasteiger charge is 2.09. The first-order valence-electron chi connectivity index (χ1n) is 6.14. The van der Waals surface area contributed by atoms with E-state index in [1.807, 2.05) is 0 Å². The molecule has 1 aromatic carbocycles. The van der Waals surface area contributed by atoms with Crippen molar-refractivity contribution < 1.29 is 24.2 Å². The van der Waals surface area contributed by atoms with E-state index in [1.54, 1.807) is 30.5 Å². The molecule has 2 aromatic rings. The van der Waals surface area contributed by atoms with Crippen LogP contribution in [-0.4, -0.2) is 33.9 Å². The second-order valence-corrected chi connectivity index (χ2v) is 4.22. The number of rotatable bonds is 6. The number of nitrogens with zero attached hydrogens (tertiary/aromatic N) is 2. The van der Waals surface area contributed by atoms with Crippen LogP contribution in [0, 0.1) is 0 Å². The van der Waals surface area contributed by atoms with Gasteiger partial charge in [-0.15, -0.1) is 0 Å². The van der Waals surface area contributed by atoms with Crippen molar-refractivity contribution in [1.29, 1.82) is 0 Å². The maximum absolute atomic E-state index is 11.2. The lowest BCUT2D eigenvalue weighted by atomic mass is 10.1. The van der Waals surface area contributed by atoms with Crippen LogP contribution in [0.1, 0.15) is 16.1 Å². The zero-order chi connectivity index (χ0) is 15.2. The van der Waals surface area contributed by atoms with Gasteiger partial charge < -0.3 is 14.6 Å². The molecule has 21 heavy (non-hydrogen) atoms. The van der Waals surface area contributed by atoms with E-state index in [-0.39, 0.29) is 18.8 Å². The second kappa shape index (κ2) is 6.56. The molecule has 0 bridgehead atoms. The zero-order valence-electron chi connectivity index (χ0n) is 11.4. The van der Waals surface area contributed by atoms with Gasteiger partial charge in [0.05, 0.1) is 13.5 Å². The number of carbonyl (C=O) groups is 2. The fourth-order valence-electron chi connectivity index (χ4n) is 1.67. The Balaban J connectivity index is 1.92. The molecule has 0 radical (unpaired) electrons. The molecule has 2 rings (SSSR count). The first kappa shape index (κ1) is 14.6. The summed E-state index contributed by atoms with van der Waals surface area (Å²) >= 11 is 0. The molecule has 0 saturated heterocycles. The third kappa shape index (κ3) is 4.07. The lowest BCUT2D eigenvalue weighted by Gasteiger charge is -2.06. The normalized spacial score (nSPS) is 10.1. The molecule has 0 saturated carbocycles. The fraction of sp³-hybridized carbons (Fsp3) is 0.214. The monoisotopic (exact) mass is 290 g/mol. The minimum absolute atomic E-state index is 0.0259. The summed E-state index contributed by atoms with van der Waals surface area (Å²) in [7, 11) is 1.29. The molecule has 0 atom stereocenters. The molecule has 0 spiro atoms. The van der Waals surface area contributed by atoms with Crippen molar-refractivity contribution in [3.63, 3.8) is 0 Å². The number of benzene rings is 1. The number of aromatic nitrogens is 2. The summed E-state index contributed by atoms with van der Waals surface area (Å²) in [6, 6.07) is 8.27. The zero-order valence-corrected chi connectivity index (χ0v) is 11.4. The SMILES string of the molecule is COC(=O)c1ccn(COc2ccc(CC(=O)O)cc2)n1. The molecule has 0 fully saturated rings. The Morgan fingerprint density at radius 1 is 1.24 bits per heavy atom. The molecule has 110 valence electrons. The molecule has 1 N–H and O–H groups in total.